The van der Waals surface area contributed by atoms with Gasteiger partial charge in [0, 0.05) is 10.7 Å². The molecule has 1 aromatic heterocycles. The van der Waals surface area contributed by atoms with Crippen molar-refractivity contribution >= 4 is 27.7 Å². The van der Waals surface area contributed by atoms with Crippen LogP contribution in [0.5, 0.6) is 0 Å². The van der Waals surface area contributed by atoms with E-state index in [4.69, 9.17) is 5.73 Å². The predicted molar refractivity (Wildman–Crippen MR) is 59.0 cm³/mol. The number of rotatable bonds is 2. The maximum atomic E-state index is 11.3. The summed E-state index contributed by atoms with van der Waals surface area (Å²) in [7, 11) is 0. The van der Waals surface area contributed by atoms with E-state index in [1.807, 2.05) is 13.0 Å². The normalized spacial score (nSPS) is 12.3. The highest BCUT2D eigenvalue weighted by atomic mass is 79.9. The summed E-state index contributed by atoms with van der Waals surface area (Å²) in [5.74, 6) is 0.318. The summed E-state index contributed by atoms with van der Waals surface area (Å²) in [6.45, 7) is 3.50. The molecule has 0 saturated carbocycles. The molecule has 3 N–H and O–H groups in total. The molecule has 14 heavy (non-hydrogen) atoms. The highest BCUT2D eigenvalue weighted by Crippen LogP contribution is 2.16. The Hall–Kier alpha value is -0.940. The van der Waals surface area contributed by atoms with Crippen molar-refractivity contribution in [3.8, 4) is 0 Å². The molecule has 1 amide bonds. The third kappa shape index (κ3) is 2.78. The summed E-state index contributed by atoms with van der Waals surface area (Å²) in [6, 6.07) is 1.35. The lowest BCUT2D eigenvalue weighted by Gasteiger charge is -2.09. The molecule has 0 aliphatic heterocycles. The topological polar surface area (TPSA) is 68.0 Å². The Kier molecular flexibility index (Phi) is 3.60. The van der Waals surface area contributed by atoms with Crippen LogP contribution < -0.4 is 11.1 Å². The van der Waals surface area contributed by atoms with Gasteiger partial charge in [-0.3, -0.25) is 4.79 Å². The molecule has 5 heteroatoms. The Labute approximate surface area is 91.0 Å². The second kappa shape index (κ2) is 4.52. The SMILES string of the molecule is Cc1cc(Br)cnc1NC(=O)[C@H](C)N. The molecule has 0 saturated heterocycles. The number of nitrogens with two attached hydrogens (primary N) is 1. The van der Waals surface area contributed by atoms with Crippen LogP contribution >= 0.6 is 15.9 Å². The van der Waals surface area contributed by atoms with E-state index in [1.54, 1.807) is 13.1 Å². The lowest BCUT2D eigenvalue weighted by Crippen LogP contribution is -2.33. The van der Waals surface area contributed by atoms with Crippen molar-refractivity contribution in [2.24, 2.45) is 5.73 Å². The van der Waals surface area contributed by atoms with Gasteiger partial charge in [-0.1, -0.05) is 0 Å². The largest absolute Gasteiger partial charge is 0.320 e. The van der Waals surface area contributed by atoms with Gasteiger partial charge >= 0.3 is 0 Å². The molecular weight excluding hydrogens is 246 g/mol. The number of halogens is 1. The number of aryl methyl sites for hydroxylation is 1. The van der Waals surface area contributed by atoms with Gasteiger partial charge in [0.15, 0.2) is 0 Å². The number of nitrogens with one attached hydrogen (secondary N) is 1. The minimum absolute atomic E-state index is 0.233. The first-order chi connectivity index (χ1) is 6.50. The summed E-state index contributed by atoms with van der Waals surface area (Å²) in [6.07, 6.45) is 1.63. The lowest BCUT2D eigenvalue weighted by atomic mass is 10.2. The number of pyridine rings is 1. The molecule has 0 aromatic carbocycles. The predicted octanol–water partition coefficient (Wildman–Crippen LogP) is 1.44. The van der Waals surface area contributed by atoms with Gasteiger partial charge in [-0.15, -0.1) is 0 Å². The summed E-state index contributed by atoms with van der Waals surface area (Å²) in [5.41, 5.74) is 6.31. The fourth-order valence-electron chi connectivity index (χ4n) is 0.902. The highest BCUT2D eigenvalue weighted by molar-refractivity contribution is 9.10. The molecule has 0 bridgehead atoms. The van der Waals surface area contributed by atoms with Crippen LogP contribution in [0, 0.1) is 6.92 Å². The van der Waals surface area contributed by atoms with Crippen LogP contribution in [0.4, 0.5) is 5.82 Å². The minimum atomic E-state index is -0.528. The smallest absolute Gasteiger partial charge is 0.242 e. The summed E-state index contributed by atoms with van der Waals surface area (Å²) in [5, 5.41) is 2.64. The first-order valence-electron chi connectivity index (χ1n) is 4.19. The molecule has 0 unspecified atom stereocenters. The van der Waals surface area contributed by atoms with E-state index in [0.29, 0.717) is 5.82 Å². The van der Waals surface area contributed by atoms with Crippen LogP contribution in [-0.2, 0) is 4.79 Å². The molecule has 0 spiro atoms. The molecule has 4 nitrogen and oxygen atoms in total. The van der Waals surface area contributed by atoms with Crippen molar-refractivity contribution in [1.82, 2.24) is 4.98 Å². The van der Waals surface area contributed by atoms with Crippen LogP contribution in [0.15, 0.2) is 16.7 Å². The molecular formula is C9H12BrN3O. The Morgan fingerprint density at radius 3 is 2.86 bits per heavy atom. The maximum Gasteiger partial charge on any atom is 0.242 e. The minimum Gasteiger partial charge on any atom is -0.320 e. The van der Waals surface area contributed by atoms with Crippen molar-refractivity contribution in [2.75, 3.05) is 5.32 Å². The number of hydrogen-bond acceptors (Lipinski definition) is 3. The number of carbonyl (C=O) groups is 1. The molecule has 0 fully saturated rings. The van der Waals surface area contributed by atoms with E-state index in [-0.39, 0.29) is 5.91 Å². The van der Waals surface area contributed by atoms with Crippen LogP contribution in [0.25, 0.3) is 0 Å². The van der Waals surface area contributed by atoms with Gasteiger partial charge in [0.1, 0.15) is 5.82 Å². The number of carbonyl (C=O) groups excluding carboxylic acids is 1. The highest BCUT2D eigenvalue weighted by Gasteiger charge is 2.09. The number of aromatic nitrogens is 1. The Balaban J connectivity index is 2.82. The first-order valence-corrected chi connectivity index (χ1v) is 4.98. The molecule has 0 radical (unpaired) electrons. The van der Waals surface area contributed by atoms with E-state index in [1.165, 1.54) is 0 Å². The lowest BCUT2D eigenvalue weighted by molar-refractivity contribution is -0.117. The van der Waals surface area contributed by atoms with Crippen LogP contribution in [0.1, 0.15) is 12.5 Å². The molecule has 76 valence electrons. The van der Waals surface area contributed by atoms with Gasteiger partial charge in [0.2, 0.25) is 5.91 Å². The fourth-order valence-corrected chi connectivity index (χ4v) is 1.35. The molecule has 1 atom stereocenters. The average molecular weight is 258 g/mol. The second-order valence-corrected chi connectivity index (χ2v) is 4.01. The van der Waals surface area contributed by atoms with Gasteiger partial charge in [-0.05, 0) is 41.4 Å². The van der Waals surface area contributed by atoms with Gasteiger partial charge in [0.05, 0.1) is 6.04 Å². The van der Waals surface area contributed by atoms with Crippen molar-refractivity contribution in [3.05, 3.63) is 22.3 Å². The monoisotopic (exact) mass is 257 g/mol. The molecule has 1 aromatic rings. The first kappa shape index (κ1) is 11.1. The number of nitrogens with zero attached hydrogens (tertiary/aromatic N) is 1. The van der Waals surface area contributed by atoms with Gasteiger partial charge < -0.3 is 11.1 Å². The zero-order valence-corrected chi connectivity index (χ0v) is 9.63. The molecule has 0 aliphatic rings. The van der Waals surface area contributed by atoms with Gasteiger partial charge in [-0.25, -0.2) is 4.98 Å². The van der Waals surface area contributed by atoms with E-state index in [0.717, 1.165) is 10.0 Å². The van der Waals surface area contributed by atoms with E-state index >= 15 is 0 Å². The standard InChI is InChI=1S/C9H12BrN3O/c1-5-3-7(10)4-12-8(5)13-9(14)6(2)11/h3-4,6H,11H2,1-2H3,(H,12,13,14)/t6-/m0/s1. The van der Waals surface area contributed by atoms with E-state index in [2.05, 4.69) is 26.2 Å². The van der Waals surface area contributed by atoms with E-state index in [9.17, 15) is 4.79 Å². The zero-order chi connectivity index (χ0) is 10.7. The van der Waals surface area contributed by atoms with Gasteiger partial charge in [-0.2, -0.15) is 0 Å². The third-order valence-electron chi connectivity index (χ3n) is 1.70. The van der Waals surface area contributed by atoms with Crippen LogP contribution in [0.2, 0.25) is 0 Å². The van der Waals surface area contributed by atoms with Gasteiger partial charge in [0.25, 0.3) is 0 Å². The van der Waals surface area contributed by atoms with Crippen molar-refractivity contribution in [1.29, 1.82) is 0 Å². The van der Waals surface area contributed by atoms with Crippen LogP contribution in [0.3, 0.4) is 0 Å². The summed E-state index contributed by atoms with van der Waals surface area (Å²) >= 11 is 3.29. The Morgan fingerprint density at radius 2 is 2.36 bits per heavy atom. The average Bonchev–Trinajstić information content (AvgIpc) is 2.09. The van der Waals surface area contributed by atoms with Crippen LogP contribution in [-0.4, -0.2) is 16.9 Å². The van der Waals surface area contributed by atoms with Crippen molar-refractivity contribution in [3.63, 3.8) is 0 Å². The van der Waals surface area contributed by atoms with Crippen molar-refractivity contribution < 1.29 is 4.79 Å². The number of anilines is 1. The second-order valence-electron chi connectivity index (χ2n) is 3.10. The number of amides is 1. The Morgan fingerprint density at radius 1 is 1.71 bits per heavy atom. The maximum absolute atomic E-state index is 11.3. The summed E-state index contributed by atoms with van der Waals surface area (Å²) in [4.78, 5) is 15.3. The molecule has 1 heterocycles. The van der Waals surface area contributed by atoms with E-state index < -0.39 is 6.04 Å². The molecule has 1 rings (SSSR count). The molecule has 0 aliphatic carbocycles. The zero-order valence-electron chi connectivity index (χ0n) is 8.04. The number of hydrogen-bond donors (Lipinski definition) is 2. The Bertz CT molecular complexity index is 352. The third-order valence-corrected chi connectivity index (χ3v) is 2.13. The quantitative estimate of drug-likeness (QED) is 0.843. The summed E-state index contributed by atoms with van der Waals surface area (Å²) < 4.78 is 0.883. The van der Waals surface area contributed by atoms with Crippen molar-refractivity contribution in [2.45, 2.75) is 19.9 Å². The fraction of sp³-hybridized carbons (Fsp3) is 0.333.